The van der Waals surface area contributed by atoms with E-state index >= 15 is 0 Å². The van der Waals surface area contributed by atoms with Gasteiger partial charge in [-0.25, -0.2) is 4.98 Å². The van der Waals surface area contributed by atoms with Crippen LogP contribution in [0.4, 0.5) is 17.1 Å². The van der Waals surface area contributed by atoms with Crippen LogP contribution in [0, 0.1) is 0 Å². The summed E-state index contributed by atoms with van der Waals surface area (Å²) in [6.07, 6.45) is 0. The van der Waals surface area contributed by atoms with Crippen LogP contribution in [0.15, 0.2) is 115 Å². The minimum absolute atomic E-state index is 0.895. The molecule has 0 N–H and O–H groups in total. The summed E-state index contributed by atoms with van der Waals surface area (Å²) in [5.41, 5.74) is 11.4. The molecule has 4 heteroatoms. The van der Waals surface area contributed by atoms with Crippen molar-refractivity contribution < 1.29 is 0 Å². The van der Waals surface area contributed by atoms with Crippen LogP contribution in [0.2, 0.25) is 0 Å². The molecule has 0 radical (unpaired) electrons. The largest absolute Gasteiger partial charge is 0.378 e. The summed E-state index contributed by atoms with van der Waals surface area (Å²) >= 11 is 0. The fourth-order valence-electron chi connectivity index (χ4n) is 4.91. The summed E-state index contributed by atoms with van der Waals surface area (Å²) in [5.74, 6) is 0. The molecule has 40 heavy (non-hydrogen) atoms. The molecular weight excluding hydrogens is 488 g/mol. The Morgan fingerprint density at radius 3 is 1.40 bits per heavy atom. The minimum Gasteiger partial charge on any atom is -0.378 e. The molecule has 5 aromatic rings. The molecule has 0 aliphatic carbocycles. The summed E-state index contributed by atoms with van der Waals surface area (Å²) < 4.78 is 0. The van der Waals surface area contributed by atoms with Gasteiger partial charge in [-0.15, -0.1) is 0 Å². The Bertz CT molecular complexity index is 1450. The molecule has 0 amide bonds. The van der Waals surface area contributed by atoms with E-state index in [4.69, 9.17) is 4.98 Å². The van der Waals surface area contributed by atoms with Crippen molar-refractivity contribution in [2.24, 2.45) is 0 Å². The van der Waals surface area contributed by atoms with Gasteiger partial charge in [0.1, 0.15) is 0 Å². The fourth-order valence-corrected chi connectivity index (χ4v) is 4.91. The van der Waals surface area contributed by atoms with Crippen LogP contribution in [-0.4, -0.2) is 39.7 Å². The van der Waals surface area contributed by atoms with Gasteiger partial charge in [-0.3, -0.25) is 0 Å². The Morgan fingerprint density at radius 2 is 0.950 bits per heavy atom. The third-order valence-electron chi connectivity index (χ3n) is 7.35. The van der Waals surface area contributed by atoms with Crippen LogP contribution in [-0.2, 0) is 6.54 Å². The van der Waals surface area contributed by atoms with Gasteiger partial charge in [0, 0.05) is 69.5 Å². The van der Waals surface area contributed by atoms with Crippen LogP contribution in [0.5, 0.6) is 0 Å². The highest BCUT2D eigenvalue weighted by Gasteiger charge is 2.11. The first-order valence-corrected chi connectivity index (χ1v) is 13.9. The Kier molecular flexibility index (Phi) is 8.16. The summed E-state index contributed by atoms with van der Waals surface area (Å²) in [6.45, 7) is 4.05. The van der Waals surface area contributed by atoms with Crippen molar-refractivity contribution >= 4 is 17.1 Å². The van der Waals surface area contributed by atoms with E-state index in [0.29, 0.717) is 0 Å². The highest BCUT2D eigenvalue weighted by Crippen LogP contribution is 2.32. The average Bonchev–Trinajstić information content (AvgIpc) is 3.00. The first kappa shape index (κ1) is 27.0. The topological polar surface area (TPSA) is 22.6 Å². The molecule has 0 aliphatic rings. The summed E-state index contributed by atoms with van der Waals surface area (Å²) in [6, 6.07) is 41.2. The number of rotatable bonds is 9. The second-order valence-electron chi connectivity index (χ2n) is 10.6. The van der Waals surface area contributed by atoms with Crippen LogP contribution in [0.3, 0.4) is 0 Å². The van der Waals surface area contributed by atoms with Crippen molar-refractivity contribution in [3.05, 3.63) is 121 Å². The van der Waals surface area contributed by atoms with Crippen molar-refractivity contribution in [3.8, 4) is 33.6 Å². The quantitative estimate of drug-likeness (QED) is 0.193. The zero-order chi connectivity index (χ0) is 28.1. The summed E-state index contributed by atoms with van der Waals surface area (Å²) in [7, 11) is 8.25. The highest BCUT2D eigenvalue weighted by atomic mass is 15.1. The standard InChI is InChI=1S/C36H38N4/c1-6-40(26-27-10-8-7-9-11-27)34-22-12-28(13-23-34)31-24-35(29-14-18-32(19-15-29)38(2)3)37-36(25-31)30-16-20-33(21-17-30)39(4)5/h7-25H,6,26H2,1-5H3. The van der Waals surface area contributed by atoms with Gasteiger partial charge in [-0.05, 0) is 72.1 Å². The van der Waals surface area contributed by atoms with Crippen LogP contribution in [0.1, 0.15) is 12.5 Å². The Balaban J connectivity index is 1.51. The third kappa shape index (κ3) is 6.18. The van der Waals surface area contributed by atoms with E-state index in [0.717, 1.165) is 41.2 Å². The molecule has 0 aliphatic heterocycles. The molecular formula is C36H38N4. The number of pyridine rings is 1. The van der Waals surface area contributed by atoms with Crippen molar-refractivity contribution in [2.45, 2.75) is 13.5 Å². The van der Waals surface area contributed by atoms with Gasteiger partial charge < -0.3 is 14.7 Å². The molecule has 1 aromatic heterocycles. The fraction of sp³-hybridized carbons (Fsp3) is 0.194. The number of nitrogens with zero attached hydrogens (tertiary/aromatic N) is 4. The van der Waals surface area contributed by atoms with Gasteiger partial charge in [0.25, 0.3) is 0 Å². The second kappa shape index (κ2) is 12.1. The zero-order valence-corrected chi connectivity index (χ0v) is 24.2. The minimum atomic E-state index is 0.895. The second-order valence-corrected chi connectivity index (χ2v) is 10.6. The van der Waals surface area contributed by atoms with Gasteiger partial charge >= 0.3 is 0 Å². The van der Waals surface area contributed by atoms with E-state index in [1.807, 2.05) is 0 Å². The van der Waals surface area contributed by atoms with Gasteiger partial charge in [0.05, 0.1) is 11.4 Å². The van der Waals surface area contributed by atoms with Crippen LogP contribution in [0.25, 0.3) is 33.6 Å². The van der Waals surface area contributed by atoms with E-state index in [2.05, 4.69) is 165 Å². The highest BCUT2D eigenvalue weighted by molar-refractivity contribution is 5.78. The number of aromatic nitrogens is 1. The zero-order valence-electron chi connectivity index (χ0n) is 24.2. The molecule has 1 heterocycles. The van der Waals surface area contributed by atoms with E-state index in [9.17, 15) is 0 Å². The molecule has 0 fully saturated rings. The lowest BCUT2D eigenvalue weighted by atomic mass is 9.99. The molecule has 4 aromatic carbocycles. The molecule has 0 saturated carbocycles. The maximum Gasteiger partial charge on any atom is 0.0715 e. The molecule has 0 unspecified atom stereocenters. The molecule has 0 saturated heterocycles. The molecule has 5 rings (SSSR count). The summed E-state index contributed by atoms with van der Waals surface area (Å²) in [5, 5.41) is 0. The van der Waals surface area contributed by atoms with E-state index in [1.54, 1.807) is 0 Å². The number of benzene rings is 4. The van der Waals surface area contributed by atoms with Crippen molar-refractivity contribution in [2.75, 3.05) is 49.4 Å². The van der Waals surface area contributed by atoms with Gasteiger partial charge in [-0.1, -0.05) is 66.7 Å². The van der Waals surface area contributed by atoms with Crippen molar-refractivity contribution in [1.29, 1.82) is 0 Å². The van der Waals surface area contributed by atoms with E-state index in [1.165, 1.54) is 28.2 Å². The number of hydrogen-bond acceptors (Lipinski definition) is 4. The average molecular weight is 527 g/mol. The SMILES string of the molecule is CCN(Cc1ccccc1)c1ccc(-c2cc(-c3ccc(N(C)C)cc3)nc(-c3ccc(N(C)C)cc3)c2)cc1. The maximum absolute atomic E-state index is 5.12. The molecule has 0 bridgehead atoms. The predicted molar refractivity (Wildman–Crippen MR) is 172 cm³/mol. The lowest BCUT2D eigenvalue weighted by molar-refractivity contribution is 0.832. The Morgan fingerprint density at radius 1 is 0.500 bits per heavy atom. The van der Waals surface area contributed by atoms with Crippen molar-refractivity contribution in [3.63, 3.8) is 0 Å². The maximum atomic E-state index is 5.12. The Hall–Kier alpha value is -4.57. The summed E-state index contributed by atoms with van der Waals surface area (Å²) in [4.78, 5) is 11.8. The van der Waals surface area contributed by atoms with Gasteiger partial charge in [0.2, 0.25) is 0 Å². The van der Waals surface area contributed by atoms with Gasteiger partial charge in [-0.2, -0.15) is 0 Å². The molecule has 202 valence electrons. The predicted octanol–water partition coefficient (Wildman–Crippen LogP) is 8.24. The van der Waals surface area contributed by atoms with E-state index in [-0.39, 0.29) is 0 Å². The molecule has 0 atom stereocenters. The van der Waals surface area contributed by atoms with E-state index < -0.39 is 0 Å². The molecule has 0 spiro atoms. The van der Waals surface area contributed by atoms with Gasteiger partial charge in [0.15, 0.2) is 0 Å². The monoisotopic (exact) mass is 526 g/mol. The van der Waals surface area contributed by atoms with Crippen LogP contribution >= 0.6 is 0 Å². The first-order chi connectivity index (χ1) is 19.4. The first-order valence-electron chi connectivity index (χ1n) is 13.9. The van der Waals surface area contributed by atoms with Crippen molar-refractivity contribution in [1.82, 2.24) is 4.98 Å². The smallest absolute Gasteiger partial charge is 0.0715 e. The number of hydrogen-bond donors (Lipinski definition) is 0. The lowest BCUT2D eigenvalue weighted by Gasteiger charge is -2.23. The number of anilines is 3. The normalized spacial score (nSPS) is 10.8. The third-order valence-corrected chi connectivity index (χ3v) is 7.35. The van der Waals surface area contributed by atoms with Crippen LogP contribution < -0.4 is 14.7 Å². The lowest BCUT2D eigenvalue weighted by Crippen LogP contribution is -2.21. The Labute approximate surface area is 239 Å². The molecule has 4 nitrogen and oxygen atoms in total.